The minimum atomic E-state index is 0.222. The van der Waals surface area contributed by atoms with Gasteiger partial charge in [-0.2, -0.15) is 0 Å². The third-order valence-electron chi connectivity index (χ3n) is 1.64. The van der Waals surface area contributed by atoms with Gasteiger partial charge >= 0.3 is 0 Å². The summed E-state index contributed by atoms with van der Waals surface area (Å²) < 4.78 is 0.797. The summed E-state index contributed by atoms with van der Waals surface area (Å²) in [5.41, 5.74) is 7.27. The van der Waals surface area contributed by atoms with Gasteiger partial charge in [0.15, 0.2) is 0 Å². The van der Waals surface area contributed by atoms with Crippen LogP contribution in [0.25, 0.3) is 0 Å². The van der Waals surface area contributed by atoms with Crippen LogP contribution in [0.15, 0.2) is 21.6 Å². The molecule has 0 aliphatic rings. The van der Waals surface area contributed by atoms with Crippen LogP contribution in [0.3, 0.4) is 0 Å². The number of halogens is 3. The molecule has 0 aliphatic heterocycles. The maximum Gasteiger partial charge on any atom is 0.115 e. The number of rotatable bonds is 2. The second kappa shape index (κ2) is 5.01. The van der Waals surface area contributed by atoms with Gasteiger partial charge < -0.3 is 5.73 Å². The summed E-state index contributed by atoms with van der Waals surface area (Å²) in [4.78, 5) is 4.15. The van der Waals surface area contributed by atoms with E-state index in [1.54, 1.807) is 0 Å². The van der Waals surface area contributed by atoms with Crippen molar-refractivity contribution in [3.63, 3.8) is 0 Å². The molecule has 0 aliphatic carbocycles. The molecule has 0 amide bonds. The fraction of sp³-hybridized carbons (Fsp3) is 0.222. The molecule has 0 saturated heterocycles. The summed E-state index contributed by atoms with van der Waals surface area (Å²) in [5.74, 6) is 0.614. The van der Waals surface area contributed by atoms with Gasteiger partial charge in [-0.05, 0) is 40.5 Å². The minimum Gasteiger partial charge on any atom is -0.386 e. The maximum absolute atomic E-state index is 5.90. The van der Waals surface area contributed by atoms with Crippen LogP contribution in [-0.4, -0.2) is 11.7 Å². The molecule has 0 unspecified atom stereocenters. The van der Waals surface area contributed by atoms with E-state index in [1.165, 1.54) is 0 Å². The summed E-state index contributed by atoms with van der Waals surface area (Å²) in [6.07, 6.45) is 0. The zero-order chi connectivity index (χ0) is 10.7. The van der Waals surface area contributed by atoms with Crippen molar-refractivity contribution in [2.24, 2.45) is 10.7 Å². The van der Waals surface area contributed by atoms with E-state index < -0.39 is 0 Å². The zero-order valence-electron chi connectivity index (χ0n) is 7.52. The number of hydrogen-bond donors (Lipinski definition) is 1. The first-order valence-corrected chi connectivity index (χ1v) is 5.59. The van der Waals surface area contributed by atoms with Gasteiger partial charge in [0, 0.05) is 4.47 Å². The quantitative estimate of drug-likeness (QED) is 0.505. The predicted molar refractivity (Wildman–Crippen MR) is 65.9 cm³/mol. The molecule has 1 aromatic carbocycles. The molecular formula is C9H9BrCl2N2. The maximum atomic E-state index is 5.90. The Kier molecular flexibility index (Phi) is 4.23. The van der Waals surface area contributed by atoms with Crippen LogP contribution in [0.2, 0.25) is 5.02 Å². The van der Waals surface area contributed by atoms with Gasteiger partial charge in [0.1, 0.15) is 5.84 Å². The Bertz CT molecular complexity index is 377. The zero-order valence-corrected chi connectivity index (χ0v) is 10.6. The highest BCUT2D eigenvalue weighted by Crippen LogP contribution is 2.30. The lowest BCUT2D eigenvalue weighted by atomic mass is 10.2. The molecule has 76 valence electrons. The second-order valence-corrected chi connectivity index (χ2v) is 4.32. The summed E-state index contributed by atoms with van der Waals surface area (Å²) in [7, 11) is 0. The molecule has 14 heavy (non-hydrogen) atoms. The molecule has 2 N–H and O–H groups in total. The first kappa shape index (κ1) is 11.8. The average Bonchev–Trinajstić information content (AvgIpc) is 2.14. The first-order chi connectivity index (χ1) is 6.54. The fourth-order valence-corrected chi connectivity index (χ4v) is 1.55. The molecule has 1 rings (SSSR count). The number of nitrogens with zero attached hydrogens (tertiary/aromatic N) is 1. The normalized spacial score (nSPS) is 11.9. The third-order valence-corrected chi connectivity index (χ3v) is 3.11. The standard InChI is InChI=1S/C9H9BrCl2N2/c1-5-2-7(12)6(10)3-8(5)14-9(13)4-11/h2-3H,4H2,1H3,(H2,13,14). The van der Waals surface area contributed by atoms with Crippen molar-refractivity contribution in [2.45, 2.75) is 6.92 Å². The van der Waals surface area contributed by atoms with E-state index in [1.807, 2.05) is 19.1 Å². The molecule has 1 aromatic rings. The Labute approximate surface area is 101 Å². The van der Waals surface area contributed by atoms with E-state index in [-0.39, 0.29) is 5.88 Å². The van der Waals surface area contributed by atoms with Crippen LogP contribution in [0.5, 0.6) is 0 Å². The SMILES string of the molecule is Cc1cc(Cl)c(Br)cc1N=C(N)CCl. The Balaban J connectivity index is 3.16. The van der Waals surface area contributed by atoms with Crippen LogP contribution in [-0.2, 0) is 0 Å². The van der Waals surface area contributed by atoms with Crippen molar-refractivity contribution in [3.05, 3.63) is 27.2 Å². The molecule has 0 bridgehead atoms. The van der Waals surface area contributed by atoms with E-state index in [0.717, 1.165) is 15.7 Å². The fourth-order valence-electron chi connectivity index (χ4n) is 0.941. The molecular weight excluding hydrogens is 287 g/mol. The Morgan fingerprint density at radius 2 is 2.21 bits per heavy atom. The highest BCUT2D eigenvalue weighted by molar-refractivity contribution is 9.10. The molecule has 0 fully saturated rings. The van der Waals surface area contributed by atoms with Crippen molar-refractivity contribution in [2.75, 3.05) is 5.88 Å². The van der Waals surface area contributed by atoms with Gasteiger partial charge in [-0.25, -0.2) is 4.99 Å². The largest absolute Gasteiger partial charge is 0.386 e. The topological polar surface area (TPSA) is 38.4 Å². The number of hydrogen-bond acceptors (Lipinski definition) is 1. The van der Waals surface area contributed by atoms with Crippen molar-refractivity contribution in [1.29, 1.82) is 0 Å². The lowest BCUT2D eigenvalue weighted by Gasteiger charge is -2.04. The van der Waals surface area contributed by atoms with Crippen LogP contribution in [0.4, 0.5) is 5.69 Å². The number of amidine groups is 1. The van der Waals surface area contributed by atoms with Gasteiger partial charge in [0.05, 0.1) is 16.6 Å². The third kappa shape index (κ3) is 2.87. The molecule has 2 nitrogen and oxygen atoms in total. The highest BCUT2D eigenvalue weighted by Gasteiger charge is 2.03. The monoisotopic (exact) mass is 294 g/mol. The average molecular weight is 296 g/mol. The van der Waals surface area contributed by atoms with Crippen LogP contribution < -0.4 is 5.73 Å². The van der Waals surface area contributed by atoms with Crippen LogP contribution >= 0.6 is 39.1 Å². The summed E-state index contributed by atoms with van der Waals surface area (Å²) in [6.45, 7) is 1.92. The van der Waals surface area contributed by atoms with Crippen LogP contribution in [0, 0.1) is 6.92 Å². The van der Waals surface area contributed by atoms with E-state index in [0.29, 0.717) is 10.9 Å². The molecule has 0 radical (unpaired) electrons. The van der Waals surface area contributed by atoms with Gasteiger partial charge in [0.2, 0.25) is 0 Å². The van der Waals surface area contributed by atoms with Crippen molar-refractivity contribution >= 4 is 50.7 Å². The van der Waals surface area contributed by atoms with E-state index >= 15 is 0 Å². The number of aliphatic imine (C=N–C) groups is 1. The van der Waals surface area contributed by atoms with Crippen LogP contribution in [0.1, 0.15) is 5.56 Å². The van der Waals surface area contributed by atoms with Crippen molar-refractivity contribution in [3.8, 4) is 0 Å². The predicted octanol–water partition coefficient (Wildman–Crippen LogP) is 3.64. The molecule has 0 aromatic heterocycles. The van der Waals surface area contributed by atoms with Gasteiger partial charge in [-0.15, -0.1) is 11.6 Å². The lowest BCUT2D eigenvalue weighted by molar-refractivity contribution is 1.36. The smallest absolute Gasteiger partial charge is 0.115 e. The first-order valence-electron chi connectivity index (χ1n) is 3.89. The molecule has 5 heteroatoms. The number of nitrogens with two attached hydrogens (primary N) is 1. The molecule has 0 saturated carbocycles. The van der Waals surface area contributed by atoms with Gasteiger partial charge in [0.25, 0.3) is 0 Å². The van der Waals surface area contributed by atoms with Gasteiger partial charge in [-0.1, -0.05) is 11.6 Å². The summed E-state index contributed by atoms with van der Waals surface area (Å²) in [5, 5.41) is 0.658. The molecule has 0 spiro atoms. The Hall–Kier alpha value is -0.250. The number of benzene rings is 1. The lowest BCUT2D eigenvalue weighted by Crippen LogP contribution is -2.12. The Morgan fingerprint density at radius 1 is 1.57 bits per heavy atom. The van der Waals surface area contributed by atoms with Gasteiger partial charge in [-0.3, -0.25) is 0 Å². The molecule has 0 heterocycles. The Morgan fingerprint density at radius 3 is 2.79 bits per heavy atom. The van der Waals surface area contributed by atoms with E-state index in [9.17, 15) is 0 Å². The second-order valence-electron chi connectivity index (χ2n) is 2.79. The van der Waals surface area contributed by atoms with E-state index in [2.05, 4.69) is 20.9 Å². The van der Waals surface area contributed by atoms with Crippen molar-refractivity contribution in [1.82, 2.24) is 0 Å². The van der Waals surface area contributed by atoms with Crippen molar-refractivity contribution < 1.29 is 0 Å². The van der Waals surface area contributed by atoms with E-state index in [4.69, 9.17) is 28.9 Å². The summed E-state index contributed by atoms with van der Waals surface area (Å²) >= 11 is 14.8. The number of alkyl halides is 1. The summed E-state index contributed by atoms with van der Waals surface area (Å²) in [6, 6.07) is 3.64. The number of aryl methyl sites for hydroxylation is 1. The molecule has 0 atom stereocenters. The minimum absolute atomic E-state index is 0.222. The highest BCUT2D eigenvalue weighted by atomic mass is 79.9.